The second-order valence-corrected chi connectivity index (χ2v) is 5.74. The van der Waals surface area contributed by atoms with Crippen molar-refractivity contribution < 1.29 is 23.6 Å². The Hall–Kier alpha value is -2.98. The topological polar surface area (TPSA) is 110 Å². The third-order valence-corrected chi connectivity index (χ3v) is 3.78. The number of ether oxygens (including phenoxy) is 2. The molecule has 0 saturated carbocycles. The molecule has 0 aromatic carbocycles. The number of halogens is 2. The molecule has 1 aliphatic rings. The zero-order chi connectivity index (χ0) is 19.1. The highest BCUT2D eigenvalue weighted by atomic mass is 19.3. The number of nitrogens with two attached hydrogens (primary N) is 1. The summed E-state index contributed by atoms with van der Waals surface area (Å²) in [5.74, 6) is 1.18. The summed E-state index contributed by atoms with van der Waals surface area (Å²) < 4.78 is 36.2. The average molecular weight is 377 g/mol. The van der Waals surface area contributed by atoms with Crippen molar-refractivity contribution in [2.24, 2.45) is 5.92 Å². The molecule has 0 amide bonds. The molecule has 4 N–H and O–H groups in total. The van der Waals surface area contributed by atoms with Gasteiger partial charge >= 0.3 is 6.55 Å². The van der Waals surface area contributed by atoms with Crippen LogP contribution >= 0.6 is 0 Å². The third-order valence-electron chi connectivity index (χ3n) is 3.78. The molecule has 142 valence electrons. The van der Waals surface area contributed by atoms with Crippen LogP contribution in [-0.4, -0.2) is 40.7 Å². The van der Waals surface area contributed by atoms with Gasteiger partial charge in [-0.1, -0.05) is 0 Å². The Morgan fingerprint density at radius 1 is 1.37 bits per heavy atom. The average Bonchev–Trinajstić information content (AvgIpc) is 3.20. The molecule has 3 heterocycles. The van der Waals surface area contributed by atoms with E-state index in [9.17, 15) is 8.78 Å². The molecule has 0 spiro atoms. The fraction of sp³-hybridized carbons (Fsp3) is 0.294. The molecular weight excluding hydrogens is 358 g/mol. The van der Waals surface area contributed by atoms with Crippen LogP contribution in [0, 0.1) is 11.3 Å². The highest BCUT2D eigenvalue weighted by molar-refractivity contribution is 5.98. The minimum atomic E-state index is -2.64. The summed E-state index contributed by atoms with van der Waals surface area (Å²) in [6.07, 6.45) is 4.84. The molecule has 0 bridgehead atoms. The molecule has 8 nitrogen and oxygen atoms in total. The van der Waals surface area contributed by atoms with E-state index in [1.54, 1.807) is 30.5 Å². The van der Waals surface area contributed by atoms with Crippen LogP contribution in [0.1, 0.15) is 6.42 Å². The summed E-state index contributed by atoms with van der Waals surface area (Å²) in [6, 6.07) is 6.61. The van der Waals surface area contributed by atoms with Crippen LogP contribution in [0.25, 0.3) is 0 Å². The summed E-state index contributed by atoms with van der Waals surface area (Å²) in [6.45, 7) is -1.72. The van der Waals surface area contributed by atoms with Crippen molar-refractivity contribution >= 4 is 17.3 Å². The number of hydrogen-bond acceptors (Lipinski definition) is 7. The number of quaternary nitrogens is 1. The van der Waals surface area contributed by atoms with Gasteiger partial charge in [-0.3, -0.25) is 5.32 Å². The molecule has 10 heteroatoms. The molecular formula is C17H19F2N6O2+. The SMILES string of the molecule is N=C(/C(=C\[NH2+]C(F)F)Oc1ccnc(Nc2cccnn2)c1)C1CCOC1. The minimum Gasteiger partial charge on any atom is -0.450 e. The van der Waals surface area contributed by atoms with Crippen LogP contribution in [-0.2, 0) is 4.74 Å². The molecule has 2 aromatic rings. The monoisotopic (exact) mass is 377 g/mol. The number of nitrogens with zero attached hydrogens (tertiary/aromatic N) is 3. The molecule has 3 rings (SSSR count). The number of allylic oxidation sites excluding steroid dienone is 1. The Kier molecular flexibility index (Phi) is 6.34. The maximum absolute atomic E-state index is 12.6. The second-order valence-electron chi connectivity index (χ2n) is 5.74. The van der Waals surface area contributed by atoms with E-state index >= 15 is 0 Å². The lowest BCUT2D eigenvalue weighted by Gasteiger charge is -2.14. The predicted octanol–water partition coefficient (Wildman–Crippen LogP) is 1.68. The summed E-state index contributed by atoms with van der Waals surface area (Å²) in [5.41, 5.74) is 0.129. The van der Waals surface area contributed by atoms with Crippen molar-refractivity contribution in [3.8, 4) is 5.75 Å². The van der Waals surface area contributed by atoms with Crippen LogP contribution in [0.4, 0.5) is 20.4 Å². The lowest BCUT2D eigenvalue weighted by Crippen LogP contribution is -2.82. The zero-order valence-electron chi connectivity index (χ0n) is 14.3. The largest absolute Gasteiger partial charge is 0.450 e. The Morgan fingerprint density at radius 2 is 2.26 bits per heavy atom. The van der Waals surface area contributed by atoms with Crippen molar-refractivity contribution in [2.45, 2.75) is 13.0 Å². The van der Waals surface area contributed by atoms with E-state index in [4.69, 9.17) is 14.9 Å². The second kappa shape index (κ2) is 9.10. The van der Waals surface area contributed by atoms with Gasteiger partial charge in [0, 0.05) is 31.0 Å². The van der Waals surface area contributed by atoms with Gasteiger partial charge in [-0.2, -0.15) is 13.9 Å². The van der Waals surface area contributed by atoms with E-state index in [1.807, 2.05) is 0 Å². The summed E-state index contributed by atoms with van der Waals surface area (Å²) in [5, 5.41) is 19.6. The molecule has 1 saturated heterocycles. The van der Waals surface area contributed by atoms with E-state index in [-0.39, 0.29) is 17.4 Å². The maximum atomic E-state index is 12.6. The summed E-state index contributed by atoms with van der Waals surface area (Å²) >= 11 is 0. The molecule has 1 atom stereocenters. The van der Waals surface area contributed by atoms with Gasteiger partial charge in [-0.05, 0) is 24.6 Å². The number of rotatable bonds is 8. The molecule has 1 unspecified atom stereocenters. The molecule has 1 aliphatic heterocycles. The highest BCUT2D eigenvalue weighted by Crippen LogP contribution is 2.23. The third kappa shape index (κ3) is 5.50. The smallest absolute Gasteiger partial charge is 0.382 e. The Bertz CT molecular complexity index is 797. The Balaban J connectivity index is 1.75. The van der Waals surface area contributed by atoms with Gasteiger partial charge in [0.25, 0.3) is 0 Å². The Morgan fingerprint density at radius 3 is 2.96 bits per heavy atom. The van der Waals surface area contributed by atoms with Crippen LogP contribution < -0.4 is 15.4 Å². The van der Waals surface area contributed by atoms with Crippen LogP contribution in [0.2, 0.25) is 0 Å². The predicted molar refractivity (Wildman–Crippen MR) is 92.8 cm³/mol. The van der Waals surface area contributed by atoms with Gasteiger partial charge in [-0.25, -0.2) is 4.98 Å². The van der Waals surface area contributed by atoms with Gasteiger partial charge in [0.05, 0.1) is 12.3 Å². The van der Waals surface area contributed by atoms with Gasteiger partial charge < -0.3 is 20.2 Å². The lowest BCUT2D eigenvalue weighted by molar-refractivity contribution is -0.682. The number of pyridine rings is 1. The van der Waals surface area contributed by atoms with Crippen molar-refractivity contribution in [1.82, 2.24) is 15.2 Å². The first-order valence-electron chi connectivity index (χ1n) is 8.30. The van der Waals surface area contributed by atoms with Crippen molar-refractivity contribution in [2.75, 3.05) is 18.5 Å². The lowest BCUT2D eigenvalue weighted by atomic mass is 10.0. The molecule has 0 radical (unpaired) electrons. The van der Waals surface area contributed by atoms with E-state index in [0.717, 1.165) is 6.20 Å². The van der Waals surface area contributed by atoms with E-state index in [0.29, 0.717) is 42.3 Å². The van der Waals surface area contributed by atoms with Crippen LogP contribution in [0.15, 0.2) is 48.6 Å². The normalized spacial score (nSPS) is 17.1. The minimum absolute atomic E-state index is 0.0578. The number of hydrogen-bond donors (Lipinski definition) is 3. The summed E-state index contributed by atoms with van der Waals surface area (Å²) in [4.78, 5) is 4.16. The van der Waals surface area contributed by atoms with Gasteiger partial charge in [0.1, 0.15) is 17.8 Å². The van der Waals surface area contributed by atoms with Crippen LogP contribution in [0.5, 0.6) is 5.75 Å². The molecule has 1 fully saturated rings. The molecule has 27 heavy (non-hydrogen) atoms. The van der Waals surface area contributed by atoms with Crippen molar-refractivity contribution in [3.05, 3.63) is 48.6 Å². The quantitative estimate of drug-likeness (QED) is 0.367. The summed E-state index contributed by atoms with van der Waals surface area (Å²) in [7, 11) is 0. The number of nitrogens with one attached hydrogen (secondary N) is 2. The fourth-order valence-electron chi connectivity index (χ4n) is 2.47. The van der Waals surface area contributed by atoms with Crippen LogP contribution in [0.3, 0.4) is 0 Å². The zero-order valence-corrected chi connectivity index (χ0v) is 14.3. The molecule has 0 aliphatic carbocycles. The van der Waals surface area contributed by atoms with Gasteiger partial charge in [0.2, 0.25) is 5.76 Å². The first-order valence-corrected chi connectivity index (χ1v) is 8.30. The first kappa shape index (κ1) is 18.8. The molecule has 2 aromatic heterocycles. The van der Waals surface area contributed by atoms with E-state index in [2.05, 4.69) is 20.5 Å². The Labute approximate surface area is 154 Å². The van der Waals surface area contributed by atoms with Gasteiger partial charge in [-0.15, -0.1) is 5.10 Å². The van der Waals surface area contributed by atoms with Crippen molar-refractivity contribution in [3.63, 3.8) is 0 Å². The van der Waals surface area contributed by atoms with Gasteiger partial charge in [0.15, 0.2) is 5.82 Å². The number of anilines is 2. The van der Waals surface area contributed by atoms with Crippen molar-refractivity contribution in [1.29, 1.82) is 5.41 Å². The number of aromatic nitrogens is 3. The standard InChI is InChI=1S/C17H18F2N6O2/c18-17(19)22-9-13(16(20)11-4-7-26-10-11)27-12-3-6-21-15(8-12)24-14-2-1-5-23-25-14/h1-3,5-6,8-9,11,17,20,22H,4,7,10H2,(H,21,24,25)/p+1/b13-9+,20-16?. The number of alkyl halides is 2. The van der Waals surface area contributed by atoms with E-state index < -0.39 is 6.55 Å². The highest BCUT2D eigenvalue weighted by Gasteiger charge is 2.26. The fourth-order valence-corrected chi connectivity index (χ4v) is 2.47. The van der Waals surface area contributed by atoms with E-state index in [1.165, 1.54) is 6.20 Å². The maximum Gasteiger partial charge on any atom is 0.382 e. The first-order chi connectivity index (χ1) is 13.1.